The molecule has 2 unspecified atom stereocenters. The second-order valence-corrected chi connectivity index (χ2v) is 6.44. The van der Waals surface area contributed by atoms with E-state index in [0.717, 1.165) is 6.42 Å². The number of carbonyl (C=O) groups excluding carboxylic acids is 2. The van der Waals surface area contributed by atoms with Crippen molar-refractivity contribution in [3.8, 4) is 0 Å². The van der Waals surface area contributed by atoms with E-state index in [0.29, 0.717) is 28.9 Å². The lowest BCUT2D eigenvalue weighted by Crippen LogP contribution is -2.36. The SMILES string of the molecule is CC(C)(O)C(=O)Nc1ccc(NC(=O)C2=CC3CC3C=C2)nc1. The van der Waals surface area contributed by atoms with Gasteiger partial charge in [0.25, 0.3) is 11.8 Å². The average Bonchev–Trinajstić information content (AvgIpc) is 3.26. The fourth-order valence-electron chi connectivity index (χ4n) is 2.33. The Morgan fingerprint density at radius 3 is 2.65 bits per heavy atom. The van der Waals surface area contributed by atoms with Crippen LogP contribution in [0.3, 0.4) is 0 Å². The molecule has 2 aliphatic rings. The van der Waals surface area contributed by atoms with E-state index in [9.17, 15) is 14.7 Å². The smallest absolute Gasteiger partial charge is 0.256 e. The van der Waals surface area contributed by atoms with Crippen LogP contribution in [0.5, 0.6) is 0 Å². The van der Waals surface area contributed by atoms with Crippen molar-refractivity contribution >= 4 is 23.3 Å². The molecule has 2 amide bonds. The Morgan fingerprint density at radius 1 is 1.26 bits per heavy atom. The molecule has 2 aliphatic carbocycles. The summed E-state index contributed by atoms with van der Waals surface area (Å²) in [4.78, 5) is 27.9. The predicted octanol–water partition coefficient (Wildman–Crippen LogP) is 1.86. The first kappa shape index (κ1) is 15.4. The van der Waals surface area contributed by atoms with Crippen molar-refractivity contribution < 1.29 is 14.7 Å². The monoisotopic (exact) mass is 313 g/mol. The Balaban J connectivity index is 1.60. The summed E-state index contributed by atoms with van der Waals surface area (Å²) >= 11 is 0. The summed E-state index contributed by atoms with van der Waals surface area (Å²) in [6.45, 7) is 2.81. The van der Waals surface area contributed by atoms with Gasteiger partial charge in [-0.1, -0.05) is 18.2 Å². The van der Waals surface area contributed by atoms with Crippen molar-refractivity contribution in [1.29, 1.82) is 0 Å². The quantitative estimate of drug-likeness (QED) is 0.791. The van der Waals surface area contributed by atoms with Crippen LogP contribution in [0.15, 0.2) is 42.1 Å². The topological polar surface area (TPSA) is 91.3 Å². The predicted molar refractivity (Wildman–Crippen MR) is 86.6 cm³/mol. The number of hydrogen-bond acceptors (Lipinski definition) is 4. The Morgan fingerprint density at radius 2 is 2.04 bits per heavy atom. The molecule has 0 aromatic carbocycles. The Hall–Kier alpha value is -2.47. The highest BCUT2D eigenvalue weighted by Crippen LogP contribution is 2.44. The minimum Gasteiger partial charge on any atom is -0.381 e. The maximum Gasteiger partial charge on any atom is 0.256 e. The van der Waals surface area contributed by atoms with E-state index in [1.807, 2.05) is 12.2 Å². The number of nitrogens with one attached hydrogen (secondary N) is 2. The number of aliphatic hydroxyl groups is 1. The van der Waals surface area contributed by atoms with Gasteiger partial charge in [-0.05, 0) is 44.2 Å². The normalized spacial score (nSPS) is 22.0. The van der Waals surface area contributed by atoms with Crippen LogP contribution in [-0.2, 0) is 9.59 Å². The van der Waals surface area contributed by atoms with Gasteiger partial charge in [0.2, 0.25) is 0 Å². The molecule has 1 saturated carbocycles. The van der Waals surface area contributed by atoms with Gasteiger partial charge in [0.1, 0.15) is 11.4 Å². The maximum atomic E-state index is 12.2. The first-order chi connectivity index (χ1) is 10.8. The largest absolute Gasteiger partial charge is 0.381 e. The number of anilines is 2. The molecular formula is C17H19N3O3. The second-order valence-electron chi connectivity index (χ2n) is 6.44. The van der Waals surface area contributed by atoms with Gasteiger partial charge in [-0.3, -0.25) is 9.59 Å². The minimum absolute atomic E-state index is 0.188. The van der Waals surface area contributed by atoms with Gasteiger partial charge in [0, 0.05) is 5.57 Å². The average molecular weight is 313 g/mol. The van der Waals surface area contributed by atoms with Gasteiger partial charge in [-0.15, -0.1) is 0 Å². The van der Waals surface area contributed by atoms with Crippen LogP contribution < -0.4 is 10.6 Å². The molecule has 6 nitrogen and oxygen atoms in total. The first-order valence-corrected chi connectivity index (χ1v) is 7.54. The van der Waals surface area contributed by atoms with Gasteiger partial charge in [0.05, 0.1) is 11.9 Å². The highest BCUT2D eigenvalue weighted by molar-refractivity contribution is 6.05. The van der Waals surface area contributed by atoms with E-state index in [1.165, 1.54) is 20.0 Å². The molecule has 3 rings (SSSR count). The van der Waals surface area contributed by atoms with Crippen LogP contribution in [0, 0.1) is 11.8 Å². The summed E-state index contributed by atoms with van der Waals surface area (Å²) in [5.74, 6) is 0.819. The van der Waals surface area contributed by atoms with Crippen molar-refractivity contribution in [2.24, 2.45) is 11.8 Å². The Kier molecular flexibility index (Phi) is 3.77. The Bertz CT molecular complexity index is 699. The number of aromatic nitrogens is 1. The van der Waals surface area contributed by atoms with E-state index < -0.39 is 11.5 Å². The second kappa shape index (κ2) is 5.62. The van der Waals surface area contributed by atoms with Gasteiger partial charge >= 0.3 is 0 Å². The van der Waals surface area contributed by atoms with Crippen LogP contribution in [0.25, 0.3) is 0 Å². The number of fused-ring (bicyclic) bond motifs is 1. The van der Waals surface area contributed by atoms with E-state index in [-0.39, 0.29) is 5.91 Å². The maximum absolute atomic E-state index is 12.2. The lowest BCUT2D eigenvalue weighted by molar-refractivity contribution is -0.130. The molecule has 1 fully saturated rings. The van der Waals surface area contributed by atoms with Crippen LogP contribution in [0.4, 0.5) is 11.5 Å². The molecule has 3 N–H and O–H groups in total. The minimum atomic E-state index is -1.46. The van der Waals surface area contributed by atoms with Gasteiger partial charge < -0.3 is 15.7 Å². The summed E-state index contributed by atoms with van der Waals surface area (Å²) in [7, 11) is 0. The summed E-state index contributed by atoms with van der Waals surface area (Å²) in [6, 6.07) is 3.22. The molecular weight excluding hydrogens is 294 g/mol. The lowest BCUT2D eigenvalue weighted by atomic mass is 10.1. The van der Waals surface area contributed by atoms with Crippen molar-refractivity contribution in [1.82, 2.24) is 4.98 Å². The number of hydrogen-bond donors (Lipinski definition) is 3. The van der Waals surface area contributed by atoms with Gasteiger partial charge in [-0.2, -0.15) is 0 Å². The van der Waals surface area contributed by atoms with E-state index in [1.54, 1.807) is 12.1 Å². The van der Waals surface area contributed by atoms with E-state index in [4.69, 9.17) is 0 Å². The molecule has 0 saturated heterocycles. The molecule has 1 heterocycles. The molecule has 6 heteroatoms. The van der Waals surface area contributed by atoms with Gasteiger partial charge in [-0.25, -0.2) is 4.98 Å². The molecule has 0 radical (unpaired) electrons. The summed E-state index contributed by atoms with van der Waals surface area (Å²) < 4.78 is 0. The summed E-state index contributed by atoms with van der Waals surface area (Å²) in [6.07, 6.45) is 8.48. The molecule has 0 aliphatic heterocycles. The zero-order valence-corrected chi connectivity index (χ0v) is 13.0. The molecule has 0 spiro atoms. The van der Waals surface area contributed by atoms with Crippen molar-refractivity contribution in [3.63, 3.8) is 0 Å². The standard InChI is InChI=1S/C17H19N3O3/c1-17(2,23)16(22)19-13-5-6-14(18-9-13)20-15(21)11-4-3-10-7-12(10)8-11/h3-6,8-10,12,23H,7H2,1-2H3,(H,19,22)(H,18,20,21). The number of allylic oxidation sites excluding steroid dienone is 2. The summed E-state index contributed by atoms with van der Waals surface area (Å²) in [5.41, 5.74) is -0.356. The number of carbonyl (C=O) groups is 2. The first-order valence-electron chi connectivity index (χ1n) is 7.54. The molecule has 1 aromatic heterocycles. The third-order valence-corrected chi connectivity index (χ3v) is 3.89. The zero-order valence-electron chi connectivity index (χ0n) is 13.0. The van der Waals surface area contributed by atoms with Gasteiger partial charge in [0.15, 0.2) is 0 Å². The molecule has 0 bridgehead atoms. The fraction of sp³-hybridized carbons (Fsp3) is 0.353. The number of nitrogens with zero attached hydrogens (tertiary/aromatic N) is 1. The highest BCUT2D eigenvalue weighted by atomic mass is 16.3. The zero-order chi connectivity index (χ0) is 16.6. The highest BCUT2D eigenvalue weighted by Gasteiger charge is 2.35. The van der Waals surface area contributed by atoms with Crippen LogP contribution >= 0.6 is 0 Å². The van der Waals surface area contributed by atoms with Crippen LogP contribution in [-0.4, -0.2) is 27.5 Å². The lowest BCUT2D eigenvalue weighted by Gasteiger charge is -2.16. The van der Waals surface area contributed by atoms with Crippen molar-refractivity contribution in [3.05, 3.63) is 42.1 Å². The molecule has 120 valence electrons. The third-order valence-electron chi connectivity index (χ3n) is 3.89. The number of amides is 2. The molecule has 23 heavy (non-hydrogen) atoms. The third kappa shape index (κ3) is 3.65. The number of rotatable bonds is 4. The Labute approximate surface area is 134 Å². The van der Waals surface area contributed by atoms with Crippen molar-refractivity contribution in [2.45, 2.75) is 25.9 Å². The fourth-order valence-corrected chi connectivity index (χ4v) is 2.33. The van der Waals surface area contributed by atoms with Crippen LogP contribution in [0.1, 0.15) is 20.3 Å². The summed E-state index contributed by atoms with van der Waals surface area (Å²) in [5, 5.41) is 14.9. The van der Waals surface area contributed by atoms with Crippen LogP contribution in [0.2, 0.25) is 0 Å². The van der Waals surface area contributed by atoms with Crippen molar-refractivity contribution in [2.75, 3.05) is 10.6 Å². The molecule has 1 aromatic rings. The van der Waals surface area contributed by atoms with E-state index in [2.05, 4.69) is 21.7 Å². The molecule has 2 atom stereocenters. The van der Waals surface area contributed by atoms with E-state index >= 15 is 0 Å². The number of pyridine rings is 1.